The average molecular weight is 546 g/mol. The molecule has 4 aromatic rings. The van der Waals surface area contributed by atoms with E-state index in [0.29, 0.717) is 19.7 Å². The summed E-state index contributed by atoms with van der Waals surface area (Å²) in [6.07, 6.45) is 0. The van der Waals surface area contributed by atoms with Crippen molar-refractivity contribution in [2.24, 2.45) is 0 Å². The quantitative estimate of drug-likeness (QED) is 0.0819. The Hall–Kier alpha value is -2.92. The molecule has 0 heterocycles. The highest BCUT2D eigenvalue weighted by molar-refractivity contribution is 8.32. The zero-order chi connectivity index (χ0) is 25.4. The van der Waals surface area contributed by atoms with Crippen molar-refractivity contribution in [3.8, 4) is 0 Å². The van der Waals surface area contributed by atoms with Crippen LogP contribution in [0.2, 0.25) is 5.02 Å². The summed E-state index contributed by atoms with van der Waals surface area (Å²) in [7, 11) is -8.68. The van der Waals surface area contributed by atoms with Crippen molar-refractivity contribution in [1.82, 2.24) is 0 Å². The van der Waals surface area contributed by atoms with Crippen molar-refractivity contribution in [2.45, 2.75) is 19.6 Å². The summed E-state index contributed by atoms with van der Waals surface area (Å²) in [4.78, 5) is -1.06. The predicted octanol–water partition coefficient (Wildman–Crippen LogP) is 7.71. The van der Waals surface area contributed by atoms with Gasteiger partial charge in [-0.3, -0.25) is 3.63 Å². The van der Waals surface area contributed by atoms with E-state index in [1.165, 1.54) is 24.3 Å². The maximum absolute atomic E-state index is 14.6. The molecule has 0 radical (unpaired) electrons. The normalized spacial score (nSPS) is 12.5. The summed E-state index contributed by atoms with van der Waals surface area (Å²) >= 11 is 6.02. The van der Waals surface area contributed by atoms with Crippen molar-refractivity contribution in [2.75, 3.05) is 0 Å². The fourth-order valence-electron chi connectivity index (χ4n) is 3.40. The molecule has 1 N–H and O–H groups in total. The maximum atomic E-state index is 14.6. The number of rotatable bonds is 6. The van der Waals surface area contributed by atoms with Crippen LogP contribution in [-0.2, 0) is 10.1 Å². The third-order valence-corrected chi connectivity index (χ3v) is 10.6. The molecule has 0 saturated carbocycles. The van der Waals surface area contributed by atoms with E-state index >= 15 is 0 Å². The Bertz CT molecular complexity index is 1420. The van der Waals surface area contributed by atoms with Crippen molar-refractivity contribution >= 4 is 32.0 Å². The Labute approximate surface area is 204 Å². The molecule has 35 heavy (non-hydrogen) atoms. The van der Waals surface area contributed by atoms with Gasteiger partial charge in [-0.15, -0.1) is 8.42 Å². The third kappa shape index (κ3) is 4.42. The minimum Gasteiger partial charge on any atom is -0.258 e. The molecule has 0 amide bonds. The van der Waals surface area contributed by atoms with Crippen LogP contribution in [-0.4, -0.2) is 12.0 Å². The van der Waals surface area contributed by atoms with Gasteiger partial charge in [0.2, 0.25) is 10.7 Å². The van der Waals surface area contributed by atoms with E-state index in [1.807, 2.05) is 0 Å². The highest BCUT2D eigenvalue weighted by Crippen LogP contribution is 2.68. The van der Waals surface area contributed by atoms with Gasteiger partial charge in [0.25, 0.3) is 0 Å². The molecule has 0 unspecified atom stereocenters. The van der Waals surface area contributed by atoms with Crippen LogP contribution in [0.5, 0.6) is 0 Å². The van der Waals surface area contributed by atoms with Gasteiger partial charge >= 0.3 is 10.1 Å². The largest absolute Gasteiger partial charge is 0.428 e. The van der Waals surface area contributed by atoms with Crippen LogP contribution in [0.4, 0.5) is 22.0 Å². The first kappa shape index (κ1) is 25.2. The van der Waals surface area contributed by atoms with E-state index in [4.69, 9.17) is 11.6 Å². The molecule has 0 aromatic heterocycles. The minimum atomic E-state index is -5.46. The highest BCUT2D eigenvalue weighted by Gasteiger charge is 2.47. The van der Waals surface area contributed by atoms with Crippen LogP contribution in [0.15, 0.2) is 105 Å². The summed E-state index contributed by atoms with van der Waals surface area (Å²) < 4.78 is 101. The van der Waals surface area contributed by atoms with Gasteiger partial charge in [-0.25, -0.2) is 22.0 Å². The highest BCUT2D eigenvalue weighted by atomic mass is 35.5. The van der Waals surface area contributed by atoms with E-state index < -0.39 is 54.4 Å². The summed E-state index contributed by atoms with van der Waals surface area (Å²) in [5.74, 6) is -12.2. The van der Waals surface area contributed by atoms with Gasteiger partial charge < -0.3 is 0 Å². The molecule has 4 aromatic carbocycles. The van der Waals surface area contributed by atoms with Gasteiger partial charge in [-0.05, 0) is 48.5 Å². The van der Waals surface area contributed by atoms with Crippen LogP contribution < -0.4 is 0 Å². The van der Waals surface area contributed by atoms with E-state index in [1.54, 1.807) is 60.7 Å². The molecule has 4 rings (SSSR count). The predicted molar refractivity (Wildman–Crippen MR) is 123 cm³/mol. The van der Waals surface area contributed by atoms with Crippen molar-refractivity contribution < 1.29 is 34.0 Å². The Kier molecular flexibility index (Phi) is 6.92. The zero-order valence-corrected chi connectivity index (χ0v) is 19.8. The lowest BCUT2D eigenvalue weighted by atomic mass is 10.3. The number of hydrogen-bond acceptors (Lipinski definition) is 2. The van der Waals surface area contributed by atoms with Gasteiger partial charge in [-0.2, -0.15) is 0 Å². The van der Waals surface area contributed by atoms with Gasteiger partial charge in [0.05, 0.1) is 25.0 Å². The van der Waals surface area contributed by atoms with E-state index in [9.17, 15) is 30.4 Å². The lowest BCUT2D eigenvalue weighted by Gasteiger charge is -2.34. The van der Waals surface area contributed by atoms with Crippen LogP contribution in [0, 0.1) is 29.1 Å². The average Bonchev–Trinajstić information content (AvgIpc) is 2.86. The summed E-state index contributed by atoms with van der Waals surface area (Å²) in [6, 6.07) is 22.0. The first-order valence-corrected chi connectivity index (χ1v) is 13.2. The van der Waals surface area contributed by atoms with Crippen LogP contribution in [0.3, 0.4) is 0 Å². The number of halogens is 6. The second kappa shape index (κ2) is 9.62. The maximum Gasteiger partial charge on any atom is 0.428 e. The number of hydrogen-bond donors (Lipinski definition) is 0. The number of benzene rings is 4. The minimum absolute atomic E-state index is 0.298. The fourth-order valence-corrected chi connectivity index (χ4v) is 9.11. The molecule has 3 nitrogen and oxygen atoms in total. The van der Waals surface area contributed by atoms with E-state index in [-0.39, 0.29) is 0 Å². The molecule has 0 aliphatic carbocycles. The molecule has 0 atom stereocenters. The molecular formula is C24H15ClF5O3S2+. The van der Waals surface area contributed by atoms with Gasteiger partial charge in [-0.1, -0.05) is 48.0 Å². The monoisotopic (exact) mass is 545 g/mol. The van der Waals surface area contributed by atoms with Crippen molar-refractivity contribution in [1.29, 1.82) is 0 Å². The Balaban J connectivity index is 2.07. The smallest absolute Gasteiger partial charge is 0.258 e. The molecule has 0 aliphatic rings. The third-order valence-electron chi connectivity index (χ3n) is 4.96. The first-order valence-electron chi connectivity index (χ1n) is 9.79. The summed E-state index contributed by atoms with van der Waals surface area (Å²) in [6.45, 7) is 0. The van der Waals surface area contributed by atoms with Crippen LogP contribution >= 0.6 is 21.9 Å². The Morgan fingerprint density at radius 1 is 0.543 bits per heavy atom. The Morgan fingerprint density at radius 3 is 1.34 bits per heavy atom. The standard InChI is InChI=1S/C24H14ClF5O3S2/c25-15-11-13-18(14-12-15)34(16-7-3-1-4-8-16,17-9-5-2-6-10-17)33-35(31,32)24-22(29)20(27)19(26)21(28)23(24)30/h1-14H/p+1. The fraction of sp³-hybridized carbons (Fsp3) is 0. The summed E-state index contributed by atoms with van der Waals surface area (Å²) in [5.41, 5.74) is 0. The Morgan fingerprint density at radius 2 is 0.914 bits per heavy atom. The second-order valence-corrected chi connectivity index (χ2v) is 12.1. The molecule has 182 valence electrons. The lowest BCUT2D eigenvalue weighted by molar-refractivity contribution is 0.338. The van der Waals surface area contributed by atoms with Crippen LogP contribution in [0.1, 0.15) is 0 Å². The molecule has 0 saturated heterocycles. The lowest BCUT2D eigenvalue weighted by Crippen LogP contribution is -2.22. The van der Waals surface area contributed by atoms with Crippen molar-refractivity contribution in [3.05, 3.63) is 119 Å². The molecular weight excluding hydrogens is 531 g/mol. The molecule has 11 heteroatoms. The SMILES string of the molecule is O=S(=O)([OH+]S(c1ccccc1)(c1ccccc1)c1ccc(Cl)cc1)c1c(F)c(F)c(F)c(F)c1F. The van der Waals surface area contributed by atoms with E-state index in [2.05, 4.69) is 3.63 Å². The summed E-state index contributed by atoms with van der Waals surface area (Å²) in [5, 5.41) is 0.325. The van der Waals surface area contributed by atoms with Gasteiger partial charge in [0.15, 0.2) is 23.3 Å². The van der Waals surface area contributed by atoms with Crippen LogP contribution in [0.25, 0.3) is 0 Å². The molecule has 0 bridgehead atoms. The topological polar surface area (TPSA) is 46.9 Å². The molecule has 0 fully saturated rings. The van der Waals surface area contributed by atoms with Gasteiger partial charge in [0, 0.05) is 5.02 Å². The molecule has 0 spiro atoms. The first-order chi connectivity index (χ1) is 16.6. The second-order valence-electron chi connectivity index (χ2n) is 7.11. The van der Waals surface area contributed by atoms with Crippen molar-refractivity contribution in [3.63, 3.8) is 0 Å². The zero-order valence-electron chi connectivity index (χ0n) is 17.4. The van der Waals surface area contributed by atoms with Gasteiger partial charge in [0.1, 0.15) is 0 Å². The van der Waals surface area contributed by atoms with E-state index in [0.717, 1.165) is 0 Å². The molecule has 0 aliphatic heterocycles.